The van der Waals surface area contributed by atoms with E-state index in [1.165, 1.54) is 35.2 Å². The van der Waals surface area contributed by atoms with Gasteiger partial charge in [0.25, 0.3) is 5.69 Å². The van der Waals surface area contributed by atoms with Gasteiger partial charge >= 0.3 is 0 Å². The molecule has 2 aromatic rings. The Balaban J connectivity index is 1.87. The summed E-state index contributed by atoms with van der Waals surface area (Å²) in [6, 6.07) is 6.03. The molecule has 0 aliphatic rings. The number of nitro benzene ring substituents is 1. The number of carbonyl (C=O) groups excluding carboxylic acids is 1. The van der Waals surface area contributed by atoms with Gasteiger partial charge < -0.3 is 10.6 Å². The summed E-state index contributed by atoms with van der Waals surface area (Å²) in [7, 11) is 0. The number of anilines is 2. The van der Waals surface area contributed by atoms with E-state index in [-0.39, 0.29) is 23.0 Å². The molecule has 2 N–H and O–H groups in total. The highest BCUT2D eigenvalue weighted by molar-refractivity contribution is 8.01. The van der Waals surface area contributed by atoms with E-state index in [0.717, 1.165) is 6.54 Å². The highest BCUT2D eigenvalue weighted by Crippen LogP contribution is 2.27. The van der Waals surface area contributed by atoms with Crippen LogP contribution in [0.1, 0.15) is 13.8 Å². The van der Waals surface area contributed by atoms with Crippen LogP contribution in [-0.4, -0.2) is 33.3 Å². The molecule has 1 aromatic carbocycles. The van der Waals surface area contributed by atoms with Crippen LogP contribution in [0, 0.1) is 16.0 Å². The highest BCUT2D eigenvalue weighted by atomic mass is 32.2. The van der Waals surface area contributed by atoms with Crippen LogP contribution >= 0.6 is 23.1 Å². The van der Waals surface area contributed by atoms with Crippen molar-refractivity contribution in [1.82, 2.24) is 10.2 Å². The third kappa shape index (κ3) is 5.46. The van der Waals surface area contributed by atoms with Crippen LogP contribution in [0.5, 0.6) is 0 Å². The summed E-state index contributed by atoms with van der Waals surface area (Å²) in [6.45, 7) is 4.99. The van der Waals surface area contributed by atoms with E-state index in [2.05, 4.69) is 34.7 Å². The number of nitro groups is 1. The molecule has 2 rings (SSSR count). The smallest absolute Gasteiger partial charge is 0.292 e. The number of nitrogens with one attached hydrogen (secondary N) is 2. The Labute approximate surface area is 147 Å². The maximum absolute atomic E-state index is 12.0. The van der Waals surface area contributed by atoms with Gasteiger partial charge in [0.05, 0.1) is 10.7 Å². The quantitative estimate of drug-likeness (QED) is 0.418. The van der Waals surface area contributed by atoms with Crippen LogP contribution in [0.15, 0.2) is 28.6 Å². The van der Waals surface area contributed by atoms with Crippen molar-refractivity contribution in [3.63, 3.8) is 0 Å². The second-order valence-electron chi connectivity index (χ2n) is 5.26. The fraction of sp³-hybridized carbons (Fsp3) is 0.357. The molecule has 0 aliphatic heterocycles. The summed E-state index contributed by atoms with van der Waals surface area (Å²) in [5.41, 5.74) is 0.0524. The summed E-state index contributed by atoms with van der Waals surface area (Å²) in [6.07, 6.45) is 0. The molecule has 1 heterocycles. The first-order valence-electron chi connectivity index (χ1n) is 7.19. The Morgan fingerprint density at radius 3 is 2.83 bits per heavy atom. The van der Waals surface area contributed by atoms with E-state index in [1.54, 1.807) is 12.1 Å². The lowest BCUT2D eigenvalue weighted by atomic mass is 10.2. The second-order valence-corrected chi connectivity index (χ2v) is 7.46. The standard InChI is InChI=1S/C14H17N5O3S2/c1-9(2)7-15-13-17-18-14(24-13)23-8-12(20)16-10-5-3-4-6-11(10)19(21)22/h3-6,9H,7-8H2,1-2H3,(H,15,17)(H,16,20). The summed E-state index contributed by atoms with van der Waals surface area (Å²) >= 11 is 2.61. The Bertz CT molecular complexity index is 720. The van der Waals surface area contributed by atoms with Gasteiger partial charge in [0.1, 0.15) is 5.69 Å². The number of carbonyl (C=O) groups is 1. The van der Waals surface area contributed by atoms with Crippen molar-refractivity contribution in [2.75, 3.05) is 22.9 Å². The highest BCUT2D eigenvalue weighted by Gasteiger charge is 2.15. The van der Waals surface area contributed by atoms with Gasteiger partial charge in [-0.2, -0.15) is 0 Å². The Morgan fingerprint density at radius 2 is 2.12 bits per heavy atom. The van der Waals surface area contributed by atoms with E-state index in [9.17, 15) is 14.9 Å². The van der Waals surface area contributed by atoms with Crippen molar-refractivity contribution in [3.8, 4) is 0 Å². The predicted molar refractivity (Wildman–Crippen MR) is 95.7 cm³/mol. The molecule has 10 heteroatoms. The summed E-state index contributed by atoms with van der Waals surface area (Å²) in [4.78, 5) is 22.4. The molecular weight excluding hydrogens is 350 g/mol. The Kier molecular flexibility index (Phi) is 6.50. The fourth-order valence-corrected chi connectivity index (χ4v) is 3.24. The zero-order valence-corrected chi connectivity index (χ0v) is 14.8. The minimum absolute atomic E-state index is 0.102. The van der Waals surface area contributed by atoms with E-state index >= 15 is 0 Å². The number of nitrogens with zero attached hydrogens (tertiary/aromatic N) is 3. The van der Waals surface area contributed by atoms with Gasteiger partial charge in [-0.1, -0.05) is 49.1 Å². The Morgan fingerprint density at radius 1 is 1.38 bits per heavy atom. The van der Waals surface area contributed by atoms with Crippen molar-refractivity contribution >= 4 is 45.5 Å². The average molecular weight is 367 g/mol. The molecule has 0 atom stereocenters. The summed E-state index contributed by atoms with van der Waals surface area (Å²) in [5, 5.41) is 25.4. The van der Waals surface area contributed by atoms with Gasteiger partial charge in [0.15, 0.2) is 4.34 Å². The van der Waals surface area contributed by atoms with E-state index in [1.807, 2.05) is 0 Å². The number of hydrogen-bond acceptors (Lipinski definition) is 8. The van der Waals surface area contributed by atoms with Crippen molar-refractivity contribution in [1.29, 1.82) is 0 Å². The number of thioether (sulfide) groups is 1. The van der Waals surface area contributed by atoms with Gasteiger partial charge in [-0.05, 0) is 12.0 Å². The SMILES string of the molecule is CC(C)CNc1nnc(SCC(=O)Nc2ccccc2[N+](=O)[O-])s1. The van der Waals surface area contributed by atoms with E-state index in [0.29, 0.717) is 15.4 Å². The van der Waals surface area contributed by atoms with Crippen molar-refractivity contribution < 1.29 is 9.72 Å². The fourth-order valence-electron chi connectivity index (χ4n) is 1.68. The molecule has 0 unspecified atom stereocenters. The molecule has 0 spiro atoms. The first kappa shape index (κ1) is 18.1. The zero-order valence-electron chi connectivity index (χ0n) is 13.2. The number of aromatic nitrogens is 2. The number of hydrogen-bond donors (Lipinski definition) is 2. The molecule has 24 heavy (non-hydrogen) atoms. The number of benzene rings is 1. The lowest BCUT2D eigenvalue weighted by Crippen LogP contribution is -2.15. The number of rotatable bonds is 8. The minimum atomic E-state index is -0.528. The maximum Gasteiger partial charge on any atom is 0.292 e. The van der Waals surface area contributed by atoms with Gasteiger partial charge in [-0.3, -0.25) is 14.9 Å². The molecule has 0 fully saturated rings. The average Bonchev–Trinajstić information content (AvgIpc) is 2.99. The van der Waals surface area contributed by atoms with E-state index in [4.69, 9.17) is 0 Å². The lowest BCUT2D eigenvalue weighted by Gasteiger charge is -2.04. The van der Waals surface area contributed by atoms with Crippen LogP contribution in [0.2, 0.25) is 0 Å². The third-order valence-corrected chi connectivity index (χ3v) is 4.78. The van der Waals surface area contributed by atoms with Gasteiger partial charge in [-0.25, -0.2) is 0 Å². The molecule has 0 radical (unpaired) electrons. The van der Waals surface area contributed by atoms with E-state index < -0.39 is 4.92 Å². The van der Waals surface area contributed by atoms with Crippen LogP contribution in [0.3, 0.4) is 0 Å². The largest absolute Gasteiger partial charge is 0.360 e. The third-order valence-electron chi connectivity index (χ3n) is 2.77. The van der Waals surface area contributed by atoms with Gasteiger partial charge in [0.2, 0.25) is 11.0 Å². The molecule has 1 amide bonds. The Hall–Kier alpha value is -2.20. The van der Waals surface area contributed by atoms with Crippen molar-refractivity contribution in [2.24, 2.45) is 5.92 Å². The van der Waals surface area contributed by atoms with Crippen LogP contribution in [0.4, 0.5) is 16.5 Å². The van der Waals surface area contributed by atoms with Crippen molar-refractivity contribution in [2.45, 2.75) is 18.2 Å². The second kappa shape index (κ2) is 8.60. The molecule has 0 bridgehead atoms. The first-order valence-corrected chi connectivity index (χ1v) is 8.99. The molecule has 0 saturated carbocycles. The van der Waals surface area contributed by atoms with Crippen molar-refractivity contribution in [3.05, 3.63) is 34.4 Å². The lowest BCUT2D eigenvalue weighted by molar-refractivity contribution is -0.383. The monoisotopic (exact) mass is 367 g/mol. The molecule has 0 saturated heterocycles. The summed E-state index contributed by atoms with van der Waals surface area (Å²) in [5.74, 6) is 0.267. The molecule has 8 nitrogen and oxygen atoms in total. The number of para-hydroxylation sites is 2. The molecular formula is C14H17N5O3S2. The van der Waals surface area contributed by atoms with Crippen LogP contribution in [-0.2, 0) is 4.79 Å². The minimum Gasteiger partial charge on any atom is -0.360 e. The van der Waals surface area contributed by atoms with Crippen LogP contribution in [0.25, 0.3) is 0 Å². The maximum atomic E-state index is 12.0. The number of amides is 1. The summed E-state index contributed by atoms with van der Waals surface area (Å²) < 4.78 is 0.666. The predicted octanol–water partition coefficient (Wildman–Crippen LogP) is 3.25. The topological polar surface area (TPSA) is 110 Å². The molecule has 128 valence electrons. The van der Waals surface area contributed by atoms with Gasteiger partial charge in [-0.15, -0.1) is 10.2 Å². The first-order chi connectivity index (χ1) is 11.5. The van der Waals surface area contributed by atoms with Crippen LogP contribution < -0.4 is 10.6 Å². The van der Waals surface area contributed by atoms with Gasteiger partial charge in [0, 0.05) is 12.6 Å². The molecule has 1 aromatic heterocycles. The molecule has 0 aliphatic carbocycles. The normalized spacial score (nSPS) is 10.6. The zero-order chi connectivity index (χ0) is 17.5.